The van der Waals surface area contributed by atoms with Crippen LogP contribution in [0.3, 0.4) is 0 Å². The summed E-state index contributed by atoms with van der Waals surface area (Å²) >= 11 is 0. The highest BCUT2D eigenvalue weighted by atomic mass is 16.5. The predicted molar refractivity (Wildman–Crippen MR) is 131 cm³/mol. The van der Waals surface area contributed by atoms with Crippen LogP contribution < -0.4 is 25.4 Å². The van der Waals surface area contributed by atoms with Crippen LogP contribution in [0, 0.1) is 6.92 Å². The molecular formula is C25H29N5O4. The smallest absolute Gasteiger partial charge is 0.256 e. The molecule has 34 heavy (non-hydrogen) atoms. The summed E-state index contributed by atoms with van der Waals surface area (Å²) in [4.78, 5) is 21.4. The molecule has 0 aliphatic carbocycles. The Morgan fingerprint density at radius 2 is 1.85 bits per heavy atom. The monoisotopic (exact) mass is 463 g/mol. The number of hydrogen-bond acceptors (Lipinski definition) is 8. The van der Waals surface area contributed by atoms with E-state index in [1.54, 1.807) is 14.2 Å². The first-order chi connectivity index (χ1) is 16.6. The van der Waals surface area contributed by atoms with Crippen molar-refractivity contribution in [2.45, 2.75) is 25.9 Å². The molecule has 1 aliphatic heterocycles. The molecule has 1 amide bonds. The van der Waals surface area contributed by atoms with Crippen molar-refractivity contribution in [2.75, 3.05) is 38.0 Å². The van der Waals surface area contributed by atoms with Crippen LogP contribution in [0.4, 0.5) is 23.1 Å². The van der Waals surface area contributed by atoms with E-state index in [0.717, 1.165) is 24.1 Å². The maximum absolute atomic E-state index is 12.5. The fourth-order valence-corrected chi connectivity index (χ4v) is 3.62. The summed E-state index contributed by atoms with van der Waals surface area (Å²) in [5, 5.41) is 9.04. The Morgan fingerprint density at radius 1 is 1.09 bits per heavy atom. The molecule has 2 heterocycles. The average molecular weight is 464 g/mol. The van der Waals surface area contributed by atoms with Crippen molar-refractivity contribution in [3.8, 4) is 11.5 Å². The normalized spacial score (nSPS) is 13.7. The summed E-state index contributed by atoms with van der Waals surface area (Å²) in [6.45, 7) is 3.38. The van der Waals surface area contributed by atoms with Crippen molar-refractivity contribution in [2.24, 2.45) is 0 Å². The van der Waals surface area contributed by atoms with Gasteiger partial charge < -0.3 is 30.2 Å². The number of carbonyl (C=O) groups is 1. The number of ether oxygens (including phenoxy) is 3. The van der Waals surface area contributed by atoms with Gasteiger partial charge in [-0.05, 0) is 31.2 Å². The van der Waals surface area contributed by atoms with E-state index in [2.05, 4.69) is 25.9 Å². The summed E-state index contributed by atoms with van der Waals surface area (Å²) in [5.41, 5.74) is 2.92. The Kier molecular flexibility index (Phi) is 7.44. The lowest BCUT2D eigenvalue weighted by atomic mass is 10.1. The van der Waals surface area contributed by atoms with Crippen LogP contribution in [-0.4, -0.2) is 49.4 Å². The van der Waals surface area contributed by atoms with Gasteiger partial charge in [-0.1, -0.05) is 23.8 Å². The van der Waals surface area contributed by atoms with Gasteiger partial charge in [0.1, 0.15) is 17.5 Å². The van der Waals surface area contributed by atoms with Crippen molar-refractivity contribution in [1.82, 2.24) is 15.3 Å². The molecule has 3 N–H and O–H groups in total. The molecule has 0 radical (unpaired) electrons. The van der Waals surface area contributed by atoms with Crippen LogP contribution >= 0.6 is 0 Å². The molecule has 0 spiro atoms. The third-order valence-electron chi connectivity index (χ3n) is 5.47. The van der Waals surface area contributed by atoms with Gasteiger partial charge in [-0.15, -0.1) is 0 Å². The molecule has 0 bridgehead atoms. The highest BCUT2D eigenvalue weighted by Crippen LogP contribution is 2.38. The average Bonchev–Trinajstić information content (AvgIpc) is 2.86. The molecule has 2 aromatic carbocycles. The quantitative estimate of drug-likeness (QED) is 0.456. The second-order valence-corrected chi connectivity index (χ2v) is 7.92. The molecule has 9 nitrogen and oxygen atoms in total. The predicted octanol–water partition coefficient (Wildman–Crippen LogP) is 4.20. The number of nitrogens with zero attached hydrogens (tertiary/aromatic N) is 2. The fourth-order valence-electron chi connectivity index (χ4n) is 3.62. The maximum atomic E-state index is 12.5. The fraction of sp³-hybridized carbons (Fsp3) is 0.320. The van der Waals surface area contributed by atoms with Crippen LogP contribution in [0.15, 0.2) is 48.7 Å². The molecule has 0 saturated carbocycles. The number of methoxy groups -OCH3 is 1. The third-order valence-corrected chi connectivity index (χ3v) is 5.47. The second-order valence-electron chi connectivity index (χ2n) is 7.92. The number of rotatable bonds is 8. The van der Waals surface area contributed by atoms with Crippen LogP contribution in [0.25, 0.3) is 0 Å². The Hall–Kier alpha value is -3.85. The van der Waals surface area contributed by atoms with Gasteiger partial charge in [0, 0.05) is 31.8 Å². The van der Waals surface area contributed by atoms with E-state index >= 15 is 0 Å². The molecule has 4 rings (SSSR count). The van der Waals surface area contributed by atoms with Gasteiger partial charge in [-0.2, -0.15) is 4.98 Å². The van der Waals surface area contributed by atoms with E-state index in [9.17, 15) is 4.79 Å². The summed E-state index contributed by atoms with van der Waals surface area (Å²) in [5.74, 6) is 1.53. The van der Waals surface area contributed by atoms with E-state index in [0.29, 0.717) is 47.7 Å². The number of nitrogens with one attached hydrogen (secondary N) is 3. The second kappa shape index (κ2) is 10.8. The first-order valence-electron chi connectivity index (χ1n) is 11.2. The van der Waals surface area contributed by atoms with Crippen LogP contribution in [0.5, 0.6) is 11.5 Å². The number of aromatic nitrogens is 2. The van der Waals surface area contributed by atoms with Gasteiger partial charge in [0.15, 0.2) is 11.5 Å². The van der Waals surface area contributed by atoms with Crippen molar-refractivity contribution >= 4 is 29.0 Å². The van der Waals surface area contributed by atoms with Gasteiger partial charge in [0.25, 0.3) is 5.91 Å². The number of aryl methyl sites for hydroxylation is 1. The highest BCUT2D eigenvalue weighted by Gasteiger charge is 2.21. The minimum atomic E-state index is -0.307. The van der Waals surface area contributed by atoms with Gasteiger partial charge in [-0.3, -0.25) is 4.79 Å². The third kappa shape index (κ3) is 5.55. The summed E-state index contributed by atoms with van der Waals surface area (Å²) in [7, 11) is 3.15. The molecule has 178 valence electrons. The molecule has 1 aromatic heterocycles. The van der Waals surface area contributed by atoms with E-state index in [4.69, 9.17) is 14.2 Å². The zero-order valence-corrected chi connectivity index (χ0v) is 19.6. The molecule has 9 heteroatoms. The summed E-state index contributed by atoms with van der Waals surface area (Å²) in [6, 6.07) is 13.5. The largest absolute Gasteiger partial charge is 0.491 e. The van der Waals surface area contributed by atoms with Crippen molar-refractivity contribution in [3.05, 3.63) is 59.8 Å². The Bertz CT molecular complexity index is 1130. The molecule has 3 aromatic rings. The first kappa shape index (κ1) is 23.3. The van der Waals surface area contributed by atoms with Gasteiger partial charge in [0.2, 0.25) is 5.95 Å². The maximum Gasteiger partial charge on any atom is 0.256 e. The standard InChI is InChI=1S/C25H29N5O4/c1-16-7-9-17(10-8-16)28-25-27-15-19(24(31)26-2)23(30-25)29-20-5-4-6-21(22(20)32-3)34-18-11-13-33-14-12-18/h4-10,15,18H,11-14H2,1-3H3,(H,26,31)(H2,27,28,29,30). The Balaban J connectivity index is 1.63. The number of hydrogen-bond donors (Lipinski definition) is 3. The Morgan fingerprint density at radius 3 is 2.56 bits per heavy atom. The minimum Gasteiger partial charge on any atom is -0.491 e. The van der Waals surface area contributed by atoms with Crippen LogP contribution in [0.1, 0.15) is 28.8 Å². The highest BCUT2D eigenvalue weighted by molar-refractivity contribution is 5.99. The van der Waals surface area contributed by atoms with Gasteiger partial charge >= 0.3 is 0 Å². The topological polar surface area (TPSA) is 107 Å². The lowest BCUT2D eigenvalue weighted by Crippen LogP contribution is -2.26. The molecule has 1 fully saturated rings. The summed E-state index contributed by atoms with van der Waals surface area (Å²) < 4.78 is 17.3. The molecule has 1 aliphatic rings. The van der Waals surface area contributed by atoms with Crippen molar-refractivity contribution in [3.63, 3.8) is 0 Å². The lowest BCUT2D eigenvalue weighted by Gasteiger charge is -2.25. The van der Waals surface area contributed by atoms with Crippen molar-refractivity contribution in [1.29, 1.82) is 0 Å². The number of amides is 1. The summed E-state index contributed by atoms with van der Waals surface area (Å²) in [6.07, 6.45) is 3.19. The van der Waals surface area contributed by atoms with E-state index < -0.39 is 0 Å². The minimum absolute atomic E-state index is 0.0590. The zero-order chi connectivity index (χ0) is 23.9. The van der Waals surface area contributed by atoms with E-state index in [-0.39, 0.29) is 12.0 Å². The SMILES string of the molecule is CNC(=O)c1cnc(Nc2ccc(C)cc2)nc1Nc1cccc(OC2CCOCC2)c1OC. The van der Waals surface area contributed by atoms with Crippen molar-refractivity contribution < 1.29 is 19.0 Å². The number of para-hydroxylation sites is 1. The number of anilines is 4. The lowest BCUT2D eigenvalue weighted by molar-refractivity contribution is 0.0246. The molecular weight excluding hydrogens is 434 g/mol. The molecule has 0 atom stereocenters. The van der Waals surface area contributed by atoms with Crippen LogP contribution in [0.2, 0.25) is 0 Å². The van der Waals surface area contributed by atoms with Crippen LogP contribution in [-0.2, 0) is 4.74 Å². The van der Waals surface area contributed by atoms with Gasteiger partial charge in [0.05, 0.1) is 26.0 Å². The number of benzene rings is 2. The number of carbonyl (C=O) groups excluding carboxylic acids is 1. The molecule has 1 saturated heterocycles. The van der Waals surface area contributed by atoms with E-state index in [1.807, 2.05) is 49.4 Å². The Labute approximate surface area is 198 Å². The van der Waals surface area contributed by atoms with Gasteiger partial charge in [-0.25, -0.2) is 4.98 Å². The van der Waals surface area contributed by atoms with E-state index in [1.165, 1.54) is 6.20 Å². The first-order valence-corrected chi connectivity index (χ1v) is 11.2. The molecule has 0 unspecified atom stereocenters. The zero-order valence-electron chi connectivity index (χ0n) is 19.6.